The van der Waals surface area contributed by atoms with Gasteiger partial charge in [-0.1, -0.05) is 42.8 Å². The van der Waals surface area contributed by atoms with E-state index in [0.29, 0.717) is 24.0 Å². The lowest BCUT2D eigenvalue weighted by Crippen LogP contribution is -2.49. The molecule has 0 saturated heterocycles. The van der Waals surface area contributed by atoms with E-state index in [1.165, 1.54) is 23.4 Å². The molecule has 3 aromatic rings. The fourth-order valence-corrected chi connectivity index (χ4v) is 7.80. The van der Waals surface area contributed by atoms with E-state index in [1.54, 1.807) is 25.3 Å². The van der Waals surface area contributed by atoms with Crippen LogP contribution < -0.4 is 14.4 Å². The van der Waals surface area contributed by atoms with Crippen LogP contribution in [0.1, 0.15) is 74.4 Å². The molecule has 7 nitrogen and oxygen atoms in total. The lowest BCUT2D eigenvalue weighted by atomic mass is 9.68. The number of aromatic nitrogens is 1. The lowest BCUT2D eigenvalue weighted by molar-refractivity contribution is 0.0132. The molecule has 1 fully saturated rings. The van der Waals surface area contributed by atoms with Gasteiger partial charge in [0.1, 0.15) is 16.7 Å². The van der Waals surface area contributed by atoms with Crippen molar-refractivity contribution in [2.24, 2.45) is 11.8 Å². The molecule has 10 heteroatoms. The van der Waals surface area contributed by atoms with Gasteiger partial charge in [-0.05, 0) is 118 Å². The molecule has 6 rings (SSSR count). The molecule has 1 spiro atoms. The zero-order chi connectivity index (χ0) is 34.3. The Kier molecular flexibility index (Phi) is 12.3. The van der Waals surface area contributed by atoms with Crippen LogP contribution in [0.3, 0.4) is 0 Å². The Morgan fingerprint density at radius 1 is 1.23 bits per heavy atom. The van der Waals surface area contributed by atoms with E-state index >= 15 is 0 Å². The quantitative estimate of drug-likeness (QED) is 0.182. The maximum absolute atomic E-state index is 13.1. The number of rotatable bonds is 9. The third kappa shape index (κ3) is 8.47. The van der Waals surface area contributed by atoms with Gasteiger partial charge in [0.25, 0.3) is 5.91 Å². The fraction of sp³-hybridized carbons (Fsp3) is 0.474. The predicted octanol–water partition coefficient (Wildman–Crippen LogP) is 7.84. The highest BCUT2D eigenvalue weighted by Crippen LogP contribution is 2.47. The summed E-state index contributed by atoms with van der Waals surface area (Å²) in [6.07, 6.45) is 12.3. The van der Waals surface area contributed by atoms with Crippen molar-refractivity contribution < 1.29 is 22.9 Å². The first kappa shape index (κ1) is 36.0. The largest absolute Gasteiger partial charge is 0.490 e. The first-order valence-corrected chi connectivity index (χ1v) is 18.5. The minimum absolute atomic E-state index is 0.103. The van der Waals surface area contributed by atoms with Gasteiger partial charge in [-0.2, -0.15) is 4.39 Å². The number of aryl methyl sites for hydroxylation is 1. The van der Waals surface area contributed by atoms with Gasteiger partial charge in [0.2, 0.25) is 5.95 Å². The Morgan fingerprint density at radius 2 is 2.06 bits per heavy atom. The molecule has 258 valence electrons. The minimum Gasteiger partial charge on any atom is -0.490 e. The SMILES string of the molecule is CC/C=C/C(OC)C1CCC1CN1C[C@@]2(CCCc3cc(Cl)ccc32)COc2ccc(C(=O)NS(=O)C(C)C)cc21.Fc1ccccn1. The Bertz CT molecular complexity index is 1610. The van der Waals surface area contributed by atoms with E-state index in [-0.39, 0.29) is 22.7 Å². The van der Waals surface area contributed by atoms with E-state index in [2.05, 4.69) is 45.8 Å². The average molecular weight is 696 g/mol. The number of pyridine rings is 1. The molecule has 1 aromatic heterocycles. The van der Waals surface area contributed by atoms with E-state index in [9.17, 15) is 13.4 Å². The number of hydrogen-bond acceptors (Lipinski definition) is 6. The zero-order valence-electron chi connectivity index (χ0n) is 28.3. The summed E-state index contributed by atoms with van der Waals surface area (Å²) < 4.78 is 39.4. The van der Waals surface area contributed by atoms with Gasteiger partial charge in [-0.3, -0.25) is 9.52 Å². The van der Waals surface area contributed by atoms with Crippen molar-refractivity contribution in [3.8, 4) is 5.75 Å². The van der Waals surface area contributed by atoms with Gasteiger partial charge < -0.3 is 14.4 Å². The lowest BCUT2D eigenvalue weighted by Gasteiger charge is -2.46. The number of ether oxygens (including phenoxy) is 2. The fourth-order valence-electron chi connectivity index (χ4n) is 7.07. The van der Waals surface area contributed by atoms with Crippen molar-refractivity contribution in [2.75, 3.05) is 31.7 Å². The highest BCUT2D eigenvalue weighted by Gasteiger charge is 2.44. The van der Waals surface area contributed by atoms with Gasteiger partial charge >= 0.3 is 0 Å². The summed E-state index contributed by atoms with van der Waals surface area (Å²) in [5.41, 5.74) is 3.86. The van der Waals surface area contributed by atoms with Gasteiger partial charge in [-0.15, -0.1) is 0 Å². The second kappa shape index (κ2) is 16.4. The molecule has 0 bridgehead atoms. The third-order valence-electron chi connectivity index (χ3n) is 9.74. The van der Waals surface area contributed by atoms with Gasteiger partial charge in [-0.25, -0.2) is 9.19 Å². The number of fused-ring (bicyclic) bond motifs is 3. The third-order valence-corrected chi connectivity index (χ3v) is 11.2. The molecule has 4 unspecified atom stereocenters. The van der Waals surface area contributed by atoms with Crippen LogP contribution in [0.4, 0.5) is 10.1 Å². The van der Waals surface area contributed by atoms with E-state index in [0.717, 1.165) is 68.1 Å². The number of carbonyl (C=O) groups excluding carboxylic acids is 1. The standard InChI is InChI=1S/C33H43ClN2O4S.C5H4FN/c1-5-6-9-30(39-4)27-13-10-25(27)19-36-20-33(16-7-8-23-17-26(34)12-14-28(23)33)21-40-31-15-11-24(18-29(31)36)32(37)35-41(38)22(2)3;6-5-3-1-2-4-7-5/h6,9,11-12,14-15,17-18,22,25,27,30H,5,7-8,10,13,16,19-21H2,1-4H3,(H,35,37);1-4H/b9-6+;/t25?,27?,30?,33-,41?;/m0./s1. The molecule has 2 aliphatic carbocycles. The normalized spacial score (nSPS) is 22.8. The first-order valence-electron chi connectivity index (χ1n) is 16.9. The number of halogens is 2. The molecule has 1 amide bonds. The summed E-state index contributed by atoms with van der Waals surface area (Å²) >= 11 is 6.41. The highest BCUT2D eigenvalue weighted by atomic mass is 35.5. The number of nitrogens with zero attached hydrogens (tertiary/aromatic N) is 2. The summed E-state index contributed by atoms with van der Waals surface area (Å²) in [5, 5.41) is 0.610. The van der Waals surface area contributed by atoms with E-state index < -0.39 is 16.9 Å². The van der Waals surface area contributed by atoms with Gasteiger partial charge in [0.15, 0.2) is 0 Å². The maximum Gasteiger partial charge on any atom is 0.263 e. The number of nitrogens with one attached hydrogen (secondary N) is 1. The molecule has 2 heterocycles. The average Bonchev–Trinajstić information content (AvgIpc) is 3.22. The minimum atomic E-state index is -1.44. The Morgan fingerprint density at radius 3 is 2.71 bits per heavy atom. The number of benzene rings is 2. The summed E-state index contributed by atoms with van der Waals surface area (Å²) in [6, 6.07) is 16.5. The molecular formula is C38H47ClFN3O4S. The van der Waals surface area contributed by atoms with Crippen LogP contribution in [-0.4, -0.2) is 53.3 Å². The Hall–Kier alpha value is -3.27. The molecule has 48 heavy (non-hydrogen) atoms. The van der Waals surface area contributed by atoms with Crippen molar-refractivity contribution in [3.05, 3.63) is 101 Å². The first-order chi connectivity index (χ1) is 23.1. The molecule has 1 N–H and O–H groups in total. The maximum atomic E-state index is 13.1. The van der Waals surface area contributed by atoms with Crippen LogP contribution in [0.5, 0.6) is 5.75 Å². The van der Waals surface area contributed by atoms with Gasteiger partial charge in [0, 0.05) is 47.6 Å². The molecule has 0 radical (unpaired) electrons. The number of anilines is 1. The summed E-state index contributed by atoms with van der Waals surface area (Å²) in [7, 11) is 0.363. The molecular weight excluding hydrogens is 649 g/mol. The second-order valence-corrected chi connectivity index (χ2v) is 15.4. The van der Waals surface area contributed by atoms with Crippen molar-refractivity contribution in [3.63, 3.8) is 0 Å². The van der Waals surface area contributed by atoms with Gasteiger partial charge in [0.05, 0.1) is 18.4 Å². The molecule has 2 aromatic carbocycles. The summed E-state index contributed by atoms with van der Waals surface area (Å²) in [5.74, 6) is 0.937. The summed E-state index contributed by atoms with van der Waals surface area (Å²) in [6.45, 7) is 8.03. The number of carbonyl (C=O) groups is 1. The van der Waals surface area contributed by atoms with Crippen LogP contribution in [-0.2, 0) is 27.6 Å². The summed E-state index contributed by atoms with van der Waals surface area (Å²) in [4.78, 5) is 18.9. The number of methoxy groups -OCH3 is 1. The van der Waals surface area contributed by atoms with Crippen LogP contribution in [0, 0.1) is 17.8 Å². The molecule has 3 aliphatic rings. The van der Waals surface area contributed by atoms with E-state index in [4.69, 9.17) is 21.1 Å². The number of amides is 1. The van der Waals surface area contributed by atoms with Crippen LogP contribution in [0.25, 0.3) is 0 Å². The zero-order valence-corrected chi connectivity index (χ0v) is 29.9. The Balaban J connectivity index is 0.000000572. The topological polar surface area (TPSA) is 80.8 Å². The van der Waals surface area contributed by atoms with Crippen molar-refractivity contribution in [1.29, 1.82) is 0 Å². The van der Waals surface area contributed by atoms with Crippen molar-refractivity contribution >= 4 is 34.2 Å². The Labute approximate surface area is 291 Å². The van der Waals surface area contributed by atoms with Crippen LogP contribution in [0.15, 0.2) is 72.9 Å². The smallest absolute Gasteiger partial charge is 0.263 e. The van der Waals surface area contributed by atoms with Crippen LogP contribution >= 0.6 is 11.6 Å². The highest BCUT2D eigenvalue weighted by molar-refractivity contribution is 7.84. The number of allylic oxidation sites excluding steroid dienone is 1. The van der Waals surface area contributed by atoms with E-state index in [1.807, 2.05) is 32.0 Å². The molecule has 1 saturated carbocycles. The monoisotopic (exact) mass is 695 g/mol. The van der Waals surface area contributed by atoms with Crippen molar-refractivity contribution in [2.45, 2.75) is 76.1 Å². The van der Waals surface area contributed by atoms with Crippen molar-refractivity contribution in [1.82, 2.24) is 9.71 Å². The predicted molar refractivity (Wildman–Crippen MR) is 192 cm³/mol. The molecule has 5 atom stereocenters. The second-order valence-electron chi connectivity index (χ2n) is 13.3. The number of hydrogen-bond donors (Lipinski definition) is 1. The molecule has 1 aliphatic heterocycles. The van der Waals surface area contributed by atoms with Crippen LogP contribution in [0.2, 0.25) is 5.02 Å².